The first-order valence-corrected chi connectivity index (χ1v) is 7.39. The second-order valence-corrected chi connectivity index (χ2v) is 5.80. The summed E-state index contributed by atoms with van der Waals surface area (Å²) >= 11 is 1.56. The summed E-state index contributed by atoms with van der Waals surface area (Å²) in [5.41, 5.74) is 0. The van der Waals surface area contributed by atoms with Crippen molar-refractivity contribution in [2.24, 2.45) is 0 Å². The van der Waals surface area contributed by atoms with Gasteiger partial charge in [0.1, 0.15) is 6.04 Å². The van der Waals surface area contributed by atoms with E-state index in [1.54, 1.807) is 16.2 Å². The average Bonchev–Trinajstić information content (AvgIpc) is 3.04. The molecule has 7 heteroatoms. The van der Waals surface area contributed by atoms with E-state index in [-0.39, 0.29) is 19.0 Å². The number of hydrogen-bond acceptors (Lipinski definition) is 4. The predicted octanol–water partition coefficient (Wildman–Crippen LogP) is 1.21. The van der Waals surface area contributed by atoms with Gasteiger partial charge in [0.15, 0.2) is 0 Å². The van der Waals surface area contributed by atoms with Gasteiger partial charge in [-0.1, -0.05) is 6.07 Å². The van der Waals surface area contributed by atoms with E-state index in [9.17, 15) is 14.7 Å². The van der Waals surface area contributed by atoms with Gasteiger partial charge in [-0.15, -0.1) is 11.3 Å². The van der Waals surface area contributed by atoms with Crippen LogP contribution in [0, 0.1) is 0 Å². The molecule has 0 spiro atoms. The molecule has 2 heterocycles. The van der Waals surface area contributed by atoms with E-state index in [4.69, 9.17) is 5.11 Å². The van der Waals surface area contributed by atoms with E-state index >= 15 is 0 Å². The van der Waals surface area contributed by atoms with E-state index in [0.29, 0.717) is 13.1 Å². The number of rotatable bonds is 4. The van der Waals surface area contributed by atoms with E-state index in [2.05, 4.69) is 0 Å². The van der Waals surface area contributed by atoms with Crippen LogP contribution in [-0.2, 0) is 11.3 Å². The molecule has 0 bridgehead atoms. The number of urea groups is 1. The maximum Gasteiger partial charge on any atom is 0.326 e. The summed E-state index contributed by atoms with van der Waals surface area (Å²) in [5.74, 6) is -1.07. The fourth-order valence-electron chi connectivity index (χ4n) is 2.35. The van der Waals surface area contributed by atoms with Gasteiger partial charge < -0.3 is 20.0 Å². The maximum absolute atomic E-state index is 12.4. The van der Waals surface area contributed by atoms with Crippen molar-refractivity contribution in [2.75, 3.05) is 13.1 Å². The Balaban J connectivity index is 2.09. The normalized spacial score (nSPS) is 22.0. The largest absolute Gasteiger partial charge is 0.480 e. The molecular weight excluding hydrogens is 280 g/mol. The number of carbonyl (C=O) groups is 2. The van der Waals surface area contributed by atoms with Gasteiger partial charge in [-0.05, 0) is 18.4 Å². The van der Waals surface area contributed by atoms with Crippen LogP contribution in [0.5, 0.6) is 0 Å². The number of hydrogen-bond donors (Lipinski definition) is 2. The van der Waals surface area contributed by atoms with E-state index in [0.717, 1.165) is 4.88 Å². The zero-order valence-electron chi connectivity index (χ0n) is 11.2. The van der Waals surface area contributed by atoms with Crippen molar-refractivity contribution in [3.05, 3.63) is 22.4 Å². The third kappa shape index (κ3) is 3.10. The average molecular weight is 298 g/mol. The van der Waals surface area contributed by atoms with Crippen LogP contribution in [-0.4, -0.2) is 57.2 Å². The smallest absolute Gasteiger partial charge is 0.326 e. The minimum Gasteiger partial charge on any atom is -0.480 e. The molecule has 2 N–H and O–H groups in total. The predicted molar refractivity (Wildman–Crippen MR) is 74.6 cm³/mol. The van der Waals surface area contributed by atoms with Crippen molar-refractivity contribution in [1.29, 1.82) is 0 Å². The Morgan fingerprint density at radius 1 is 1.55 bits per heavy atom. The number of aliphatic hydroxyl groups excluding tert-OH is 1. The molecule has 1 aromatic heterocycles. The molecule has 1 saturated heterocycles. The minimum absolute atomic E-state index is 0.0801. The Hall–Kier alpha value is -1.60. The van der Waals surface area contributed by atoms with E-state index in [1.807, 2.05) is 24.4 Å². The number of carboxylic acid groups (broad SMARTS) is 1. The molecular formula is C13H18N2O4S. The van der Waals surface area contributed by atoms with Gasteiger partial charge in [-0.3, -0.25) is 0 Å². The van der Waals surface area contributed by atoms with Crippen LogP contribution >= 0.6 is 11.3 Å². The van der Waals surface area contributed by atoms with E-state index in [1.165, 1.54) is 4.90 Å². The number of likely N-dealkylation sites (tertiary alicyclic amines) is 1. The molecule has 2 rings (SSSR count). The van der Waals surface area contributed by atoms with Crippen molar-refractivity contribution in [1.82, 2.24) is 9.80 Å². The Labute approximate surface area is 121 Å². The Morgan fingerprint density at radius 3 is 2.85 bits per heavy atom. The summed E-state index contributed by atoms with van der Waals surface area (Å²) in [6, 6.07) is 2.59. The number of carbonyl (C=O) groups excluding carboxylic acids is 1. The highest BCUT2D eigenvalue weighted by Crippen LogP contribution is 2.21. The Bertz CT molecular complexity index is 477. The molecule has 2 amide bonds. The van der Waals surface area contributed by atoms with Crippen LogP contribution < -0.4 is 0 Å². The summed E-state index contributed by atoms with van der Waals surface area (Å²) in [7, 11) is 0. The molecule has 1 aromatic rings. The van der Waals surface area contributed by atoms with Crippen LogP contribution in [0.2, 0.25) is 0 Å². The summed E-state index contributed by atoms with van der Waals surface area (Å²) in [6.45, 7) is 2.89. The quantitative estimate of drug-likeness (QED) is 0.875. The van der Waals surface area contributed by atoms with Gasteiger partial charge in [0.05, 0.1) is 12.6 Å². The zero-order valence-corrected chi connectivity index (χ0v) is 12.0. The molecule has 1 aliphatic rings. The lowest BCUT2D eigenvalue weighted by Crippen LogP contribution is -2.47. The molecule has 0 aromatic carbocycles. The SMILES string of the molecule is CCN(Cc1cccs1)C(=O)N1C[C@H](O)C[C@H]1C(=O)O. The van der Waals surface area contributed by atoms with Crippen molar-refractivity contribution in [2.45, 2.75) is 32.0 Å². The highest BCUT2D eigenvalue weighted by atomic mass is 32.1. The highest BCUT2D eigenvalue weighted by Gasteiger charge is 2.40. The molecule has 2 atom stereocenters. The van der Waals surface area contributed by atoms with Crippen LogP contribution in [0.4, 0.5) is 4.79 Å². The third-order valence-corrected chi connectivity index (χ3v) is 4.25. The molecule has 0 saturated carbocycles. The van der Waals surface area contributed by atoms with Crippen molar-refractivity contribution < 1.29 is 19.8 Å². The molecule has 1 fully saturated rings. The van der Waals surface area contributed by atoms with Gasteiger partial charge in [0.2, 0.25) is 0 Å². The lowest BCUT2D eigenvalue weighted by Gasteiger charge is -2.29. The van der Waals surface area contributed by atoms with Crippen molar-refractivity contribution in [3.8, 4) is 0 Å². The lowest BCUT2D eigenvalue weighted by molar-refractivity contribution is -0.141. The fraction of sp³-hybridized carbons (Fsp3) is 0.538. The number of aliphatic hydroxyl groups is 1. The van der Waals surface area contributed by atoms with Gasteiger partial charge in [-0.2, -0.15) is 0 Å². The Kier molecular flexibility index (Phi) is 4.61. The van der Waals surface area contributed by atoms with Gasteiger partial charge in [0.25, 0.3) is 0 Å². The molecule has 0 unspecified atom stereocenters. The number of thiophene rings is 1. The molecule has 1 aliphatic heterocycles. The highest BCUT2D eigenvalue weighted by molar-refractivity contribution is 7.09. The first-order chi connectivity index (χ1) is 9.52. The van der Waals surface area contributed by atoms with Gasteiger partial charge in [-0.25, -0.2) is 9.59 Å². The Morgan fingerprint density at radius 2 is 2.30 bits per heavy atom. The maximum atomic E-state index is 12.4. The molecule has 0 aliphatic carbocycles. The molecule has 110 valence electrons. The monoisotopic (exact) mass is 298 g/mol. The summed E-state index contributed by atoms with van der Waals surface area (Å²) in [4.78, 5) is 27.5. The molecule has 20 heavy (non-hydrogen) atoms. The number of carboxylic acids is 1. The van der Waals surface area contributed by atoms with Crippen molar-refractivity contribution in [3.63, 3.8) is 0 Å². The summed E-state index contributed by atoms with van der Waals surface area (Å²) < 4.78 is 0. The van der Waals surface area contributed by atoms with Crippen LogP contribution in [0.1, 0.15) is 18.2 Å². The first kappa shape index (κ1) is 14.8. The van der Waals surface area contributed by atoms with E-state index < -0.39 is 18.1 Å². The first-order valence-electron chi connectivity index (χ1n) is 6.51. The van der Waals surface area contributed by atoms with Crippen LogP contribution in [0.3, 0.4) is 0 Å². The number of aliphatic carboxylic acids is 1. The van der Waals surface area contributed by atoms with Crippen molar-refractivity contribution >= 4 is 23.3 Å². The summed E-state index contributed by atoms with van der Waals surface area (Å²) in [5, 5.41) is 20.7. The number of β-amino-alcohol motifs (C(OH)–C–C–N with tert-alkyl or cyclic N) is 1. The lowest BCUT2D eigenvalue weighted by atomic mass is 10.2. The van der Waals surface area contributed by atoms with Crippen LogP contribution in [0.15, 0.2) is 17.5 Å². The third-order valence-electron chi connectivity index (χ3n) is 3.39. The fourth-order valence-corrected chi connectivity index (χ4v) is 3.07. The zero-order chi connectivity index (χ0) is 14.7. The second-order valence-electron chi connectivity index (χ2n) is 4.77. The van der Waals surface area contributed by atoms with Gasteiger partial charge >= 0.3 is 12.0 Å². The molecule has 0 radical (unpaired) electrons. The second kappa shape index (κ2) is 6.23. The van der Waals surface area contributed by atoms with Gasteiger partial charge in [0, 0.05) is 24.4 Å². The standard InChI is InChI=1S/C13H18N2O4S/c1-2-14(8-10-4-3-5-20-10)13(19)15-7-9(16)6-11(15)12(17)18/h3-5,9,11,16H,2,6-8H2,1H3,(H,17,18)/t9-,11+/m1/s1. The topological polar surface area (TPSA) is 81.1 Å². The van der Waals surface area contributed by atoms with Crippen LogP contribution in [0.25, 0.3) is 0 Å². The number of amides is 2. The summed E-state index contributed by atoms with van der Waals surface area (Å²) in [6.07, 6.45) is -0.669. The minimum atomic E-state index is -1.07. The number of nitrogens with zero attached hydrogens (tertiary/aromatic N) is 2. The molecule has 6 nitrogen and oxygen atoms in total.